The van der Waals surface area contributed by atoms with Crippen LogP contribution in [0.3, 0.4) is 0 Å². The number of alkyl halides is 3. The molecule has 0 bridgehead atoms. The highest BCUT2D eigenvalue weighted by Gasteiger charge is 2.29. The first-order valence-electron chi connectivity index (χ1n) is 6.26. The van der Waals surface area contributed by atoms with Crippen molar-refractivity contribution < 1.29 is 13.2 Å². The Morgan fingerprint density at radius 2 is 1.68 bits per heavy atom. The van der Waals surface area contributed by atoms with E-state index in [1.807, 2.05) is 32.0 Å². The number of nitrogens with two attached hydrogens (primary N) is 1. The van der Waals surface area contributed by atoms with Gasteiger partial charge in [-0.2, -0.15) is 13.2 Å². The topological polar surface area (TPSA) is 29.3 Å². The summed E-state index contributed by atoms with van der Waals surface area (Å²) < 4.78 is 36.6. The fourth-order valence-corrected chi connectivity index (χ4v) is 2.14. The third kappa shape index (κ3) is 6.07. The minimum atomic E-state index is -4.15. The summed E-state index contributed by atoms with van der Waals surface area (Å²) in [6, 6.07) is 5.80. The van der Waals surface area contributed by atoms with Gasteiger partial charge in [0.15, 0.2) is 0 Å². The monoisotopic (exact) mass is 274 g/mol. The van der Waals surface area contributed by atoms with E-state index in [1.165, 1.54) is 11.9 Å². The molecular weight excluding hydrogens is 253 g/mol. The normalized spacial score (nSPS) is 13.9. The average molecular weight is 274 g/mol. The molecule has 0 radical (unpaired) electrons. The molecule has 2 N–H and O–H groups in total. The highest BCUT2D eigenvalue weighted by molar-refractivity contribution is 5.30. The van der Waals surface area contributed by atoms with Crippen LogP contribution in [-0.4, -0.2) is 31.2 Å². The van der Waals surface area contributed by atoms with Crippen LogP contribution in [0.1, 0.15) is 29.2 Å². The minimum Gasteiger partial charge on any atom is -0.324 e. The fraction of sp³-hybridized carbons (Fsp3) is 0.571. The lowest BCUT2D eigenvalue weighted by Crippen LogP contribution is -2.33. The summed E-state index contributed by atoms with van der Waals surface area (Å²) in [4.78, 5) is 1.25. The van der Waals surface area contributed by atoms with E-state index in [2.05, 4.69) is 0 Å². The van der Waals surface area contributed by atoms with Gasteiger partial charge in [-0.3, -0.25) is 4.90 Å². The van der Waals surface area contributed by atoms with Gasteiger partial charge in [-0.05, 0) is 39.4 Å². The van der Waals surface area contributed by atoms with Crippen LogP contribution in [0.15, 0.2) is 18.2 Å². The summed E-state index contributed by atoms with van der Waals surface area (Å²) in [6.07, 6.45) is -3.64. The Kier molecular flexibility index (Phi) is 5.38. The summed E-state index contributed by atoms with van der Waals surface area (Å²) >= 11 is 0. The summed E-state index contributed by atoms with van der Waals surface area (Å²) in [6.45, 7) is 3.40. The van der Waals surface area contributed by atoms with E-state index in [0.717, 1.165) is 16.7 Å². The average Bonchev–Trinajstić information content (AvgIpc) is 2.22. The van der Waals surface area contributed by atoms with Gasteiger partial charge in [-0.15, -0.1) is 0 Å². The second kappa shape index (κ2) is 6.39. The Bertz CT molecular complexity index is 395. The van der Waals surface area contributed by atoms with E-state index in [9.17, 15) is 13.2 Å². The Balaban J connectivity index is 2.53. The molecule has 1 aromatic rings. The molecule has 0 fully saturated rings. The van der Waals surface area contributed by atoms with E-state index in [-0.39, 0.29) is 6.04 Å². The molecule has 1 rings (SSSR count). The van der Waals surface area contributed by atoms with Crippen LogP contribution in [0.5, 0.6) is 0 Å². The van der Waals surface area contributed by atoms with E-state index in [0.29, 0.717) is 13.0 Å². The molecular formula is C14H21F3N2. The predicted molar refractivity (Wildman–Crippen MR) is 71.0 cm³/mol. The lowest BCUT2D eigenvalue weighted by molar-refractivity contribution is -0.143. The minimum absolute atomic E-state index is 0.228. The molecule has 0 aromatic heterocycles. The van der Waals surface area contributed by atoms with Crippen LogP contribution in [0, 0.1) is 13.8 Å². The van der Waals surface area contributed by atoms with E-state index in [4.69, 9.17) is 5.73 Å². The van der Waals surface area contributed by atoms with Crippen LogP contribution < -0.4 is 5.73 Å². The van der Waals surface area contributed by atoms with Gasteiger partial charge in [-0.25, -0.2) is 0 Å². The molecule has 0 spiro atoms. The summed E-state index contributed by atoms with van der Waals surface area (Å²) in [5, 5.41) is 0. The van der Waals surface area contributed by atoms with Crippen molar-refractivity contribution in [1.29, 1.82) is 0 Å². The van der Waals surface area contributed by atoms with Gasteiger partial charge in [0.2, 0.25) is 0 Å². The molecule has 108 valence electrons. The maximum atomic E-state index is 12.2. The zero-order valence-corrected chi connectivity index (χ0v) is 11.6. The standard InChI is InChI=1S/C14H21F3N2/c1-10-6-11(2)8-12(7-10)13(18)4-5-19(3)9-14(15,16)17/h6-8,13H,4-5,9,18H2,1-3H3. The molecule has 0 saturated heterocycles. The van der Waals surface area contributed by atoms with Gasteiger partial charge in [0.25, 0.3) is 0 Å². The Morgan fingerprint density at radius 1 is 1.16 bits per heavy atom. The molecule has 0 saturated carbocycles. The number of aryl methyl sites for hydroxylation is 2. The maximum absolute atomic E-state index is 12.2. The number of nitrogens with zero attached hydrogens (tertiary/aromatic N) is 1. The van der Waals surface area contributed by atoms with E-state index >= 15 is 0 Å². The molecule has 0 aliphatic carbocycles. The van der Waals surface area contributed by atoms with Crippen molar-refractivity contribution in [1.82, 2.24) is 4.90 Å². The van der Waals surface area contributed by atoms with Crippen molar-refractivity contribution in [3.63, 3.8) is 0 Å². The fourth-order valence-electron chi connectivity index (χ4n) is 2.14. The van der Waals surface area contributed by atoms with Gasteiger partial charge in [0.05, 0.1) is 6.54 Å². The summed E-state index contributed by atoms with van der Waals surface area (Å²) in [5.74, 6) is 0. The molecule has 0 amide bonds. The summed E-state index contributed by atoms with van der Waals surface area (Å²) in [7, 11) is 1.46. The zero-order valence-electron chi connectivity index (χ0n) is 11.6. The first-order chi connectivity index (χ1) is 8.67. The van der Waals surface area contributed by atoms with Crippen LogP contribution in [0.2, 0.25) is 0 Å². The lowest BCUT2D eigenvalue weighted by Gasteiger charge is -2.21. The van der Waals surface area contributed by atoms with Gasteiger partial charge in [-0.1, -0.05) is 29.3 Å². The zero-order chi connectivity index (χ0) is 14.6. The van der Waals surface area contributed by atoms with Crippen LogP contribution >= 0.6 is 0 Å². The quantitative estimate of drug-likeness (QED) is 0.893. The van der Waals surface area contributed by atoms with E-state index < -0.39 is 12.7 Å². The third-order valence-electron chi connectivity index (χ3n) is 2.94. The largest absolute Gasteiger partial charge is 0.401 e. The smallest absolute Gasteiger partial charge is 0.324 e. The Morgan fingerprint density at radius 3 is 2.16 bits per heavy atom. The van der Waals surface area contributed by atoms with E-state index in [1.54, 1.807) is 0 Å². The van der Waals surface area contributed by atoms with Crippen LogP contribution in [-0.2, 0) is 0 Å². The van der Waals surface area contributed by atoms with Crippen molar-refractivity contribution in [3.8, 4) is 0 Å². The molecule has 2 nitrogen and oxygen atoms in total. The molecule has 1 atom stereocenters. The van der Waals surface area contributed by atoms with Crippen molar-refractivity contribution in [2.45, 2.75) is 32.5 Å². The second-order valence-corrected chi connectivity index (χ2v) is 5.17. The predicted octanol–water partition coefficient (Wildman–Crippen LogP) is 3.19. The van der Waals surface area contributed by atoms with Gasteiger partial charge >= 0.3 is 6.18 Å². The SMILES string of the molecule is Cc1cc(C)cc(C(N)CCN(C)CC(F)(F)F)c1. The van der Waals surface area contributed by atoms with Crippen molar-refractivity contribution in [2.75, 3.05) is 20.1 Å². The lowest BCUT2D eigenvalue weighted by atomic mass is 10.00. The first kappa shape index (κ1) is 16.0. The third-order valence-corrected chi connectivity index (χ3v) is 2.94. The Labute approximate surface area is 112 Å². The number of hydrogen-bond acceptors (Lipinski definition) is 2. The van der Waals surface area contributed by atoms with Gasteiger partial charge in [0.1, 0.15) is 0 Å². The maximum Gasteiger partial charge on any atom is 0.401 e. The van der Waals surface area contributed by atoms with Crippen molar-refractivity contribution in [3.05, 3.63) is 34.9 Å². The second-order valence-electron chi connectivity index (χ2n) is 5.17. The summed E-state index contributed by atoms with van der Waals surface area (Å²) in [5.41, 5.74) is 9.26. The number of rotatable bonds is 5. The number of benzene rings is 1. The molecule has 0 aliphatic rings. The van der Waals surface area contributed by atoms with Crippen molar-refractivity contribution in [2.24, 2.45) is 5.73 Å². The molecule has 0 heterocycles. The highest BCUT2D eigenvalue weighted by atomic mass is 19.4. The Hall–Kier alpha value is -1.07. The van der Waals surface area contributed by atoms with Crippen molar-refractivity contribution >= 4 is 0 Å². The van der Waals surface area contributed by atoms with Crippen LogP contribution in [0.4, 0.5) is 13.2 Å². The molecule has 1 aromatic carbocycles. The van der Waals surface area contributed by atoms with Gasteiger partial charge in [0, 0.05) is 6.04 Å². The highest BCUT2D eigenvalue weighted by Crippen LogP contribution is 2.19. The molecule has 5 heteroatoms. The molecule has 19 heavy (non-hydrogen) atoms. The van der Waals surface area contributed by atoms with Gasteiger partial charge < -0.3 is 5.73 Å². The number of hydrogen-bond donors (Lipinski definition) is 1. The molecule has 1 unspecified atom stereocenters. The van der Waals surface area contributed by atoms with Crippen LogP contribution in [0.25, 0.3) is 0 Å². The molecule has 0 aliphatic heterocycles. The number of halogens is 3. The first-order valence-corrected chi connectivity index (χ1v) is 6.26.